The fraction of sp³-hybridized carbons (Fsp3) is 0.179. The molecule has 0 spiro atoms. The number of carbonyl (C=O) groups excluding carboxylic acids is 2. The first-order valence-corrected chi connectivity index (χ1v) is 11.4. The lowest BCUT2D eigenvalue weighted by molar-refractivity contribution is -0.132. The highest BCUT2D eigenvalue weighted by atomic mass is 16.5. The van der Waals surface area contributed by atoms with Crippen molar-refractivity contribution in [1.29, 1.82) is 0 Å². The smallest absolute Gasteiger partial charge is 0.302 e. The summed E-state index contributed by atoms with van der Waals surface area (Å²) in [6, 6.07) is 17.0. The van der Waals surface area contributed by atoms with Crippen LogP contribution in [0.4, 0.5) is 5.95 Å². The van der Waals surface area contributed by atoms with E-state index in [9.17, 15) is 14.7 Å². The summed E-state index contributed by atoms with van der Waals surface area (Å²) < 4.78 is 10.8. The average molecular weight is 484 g/mol. The number of aromatic amines is 1. The monoisotopic (exact) mass is 483 g/mol. The molecule has 2 N–H and O–H groups in total. The Hall–Kier alpha value is -4.59. The van der Waals surface area contributed by atoms with Crippen molar-refractivity contribution in [1.82, 2.24) is 9.97 Å². The summed E-state index contributed by atoms with van der Waals surface area (Å²) in [5.41, 5.74) is 4.37. The van der Waals surface area contributed by atoms with Crippen LogP contribution >= 0.6 is 0 Å². The SMILES string of the molecule is COc1ccc(C2/C(=C(\O)c3ccc(C)cc3)C(=O)C(=O)N2c2nc3ccc(C)cc3[nH]2)cc1OC. The molecule has 2 heterocycles. The predicted molar refractivity (Wildman–Crippen MR) is 136 cm³/mol. The minimum Gasteiger partial charge on any atom is -0.507 e. The Morgan fingerprint density at radius 3 is 2.31 bits per heavy atom. The van der Waals surface area contributed by atoms with Crippen LogP contribution in [0.1, 0.15) is 28.3 Å². The minimum atomic E-state index is -0.951. The van der Waals surface area contributed by atoms with Crippen molar-refractivity contribution in [2.45, 2.75) is 19.9 Å². The van der Waals surface area contributed by atoms with Gasteiger partial charge in [0.1, 0.15) is 5.76 Å². The average Bonchev–Trinajstić information content (AvgIpc) is 3.41. The van der Waals surface area contributed by atoms with Gasteiger partial charge in [-0.25, -0.2) is 4.98 Å². The predicted octanol–water partition coefficient (Wildman–Crippen LogP) is 4.82. The zero-order valence-corrected chi connectivity index (χ0v) is 20.3. The van der Waals surface area contributed by atoms with Crippen molar-refractivity contribution < 1.29 is 24.2 Å². The van der Waals surface area contributed by atoms with E-state index in [1.54, 1.807) is 30.3 Å². The van der Waals surface area contributed by atoms with Gasteiger partial charge in [0.2, 0.25) is 5.95 Å². The molecule has 182 valence electrons. The lowest BCUT2D eigenvalue weighted by atomic mass is 9.95. The summed E-state index contributed by atoms with van der Waals surface area (Å²) >= 11 is 0. The van der Waals surface area contributed by atoms with Crippen LogP contribution < -0.4 is 14.4 Å². The number of nitrogens with zero attached hydrogens (tertiary/aromatic N) is 2. The van der Waals surface area contributed by atoms with Crippen molar-refractivity contribution in [3.8, 4) is 11.5 Å². The lowest BCUT2D eigenvalue weighted by Crippen LogP contribution is -2.30. The number of amides is 1. The number of Topliss-reactive ketones (excluding diaryl/α,β-unsaturated/α-hetero) is 1. The number of benzene rings is 3. The summed E-state index contributed by atoms with van der Waals surface area (Å²) in [6.45, 7) is 3.88. The van der Waals surface area contributed by atoms with Crippen LogP contribution in [0.25, 0.3) is 16.8 Å². The second-order valence-corrected chi connectivity index (χ2v) is 8.73. The van der Waals surface area contributed by atoms with E-state index in [2.05, 4.69) is 9.97 Å². The third-order valence-electron chi connectivity index (χ3n) is 6.35. The van der Waals surface area contributed by atoms with Crippen molar-refractivity contribution in [2.75, 3.05) is 19.1 Å². The number of hydrogen-bond acceptors (Lipinski definition) is 6. The number of aromatic nitrogens is 2. The summed E-state index contributed by atoms with van der Waals surface area (Å²) in [6.07, 6.45) is 0. The van der Waals surface area contributed by atoms with Crippen LogP contribution in [0.5, 0.6) is 11.5 Å². The molecule has 4 aromatic rings. The molecule has 1 atom stereocenters. The van der Waals surface area contributed by atoms with E-state index < -0.39 is 17.7 Å². The summed E-state index contributed by atoms with van der Waals surface area (Å²) in [4.78, 5) is 35.9. The first-order chi connectivity index (χ1) is 17.3. The number of carbonyl (C=O) groups is 2. The Balaban J connectivity index is 1.75. The van der Waals surface area contributed by atoms with Gasteiger partial charge in [-0.05, 0) is 49.2 Å². The number of nitrogens with one attached hydrogen (secondary N) is 1. The number of hydrogen-bond donors (Lipinski definition) is 2. The van der Waals surface area contributed by atoms with Crippen molar-refractivity contribution in [3.63, 3.8) is 0 Å². The van der Waals surface area contributed by atoms with Crippen LogP contribution in [0, 0.1) is 13.8 Å². The van der Waals surface area contributed by atoms with Crippen molar-refractivity contribution in [3.05, 3.63) is 88.5 Å². The van der Waals surface area contributed by atoms with E-state index in [1.807, 2.05) is 44.2 Å². The number of ketones is 1. The van der Waals surface area contributed by atoms with E-state index in [0.29, 0.717) is 28.1 Å². The van der Waals surface area contributed by atoms with Gasteiger partial charge >= 0.3 is 5.91 Å². The maximum absolute atomic E-state index is 13.4. The maximum Gasteiger partial charge on any atom is 0.302 e. The van der Waals surface area contributed by atoms with Crippen LogP contribution in [0.2, 0.25) is 0 Å². The zero-order chi connectivity index (χ0) is 25.6. The molecular weight excluding hydrogens is 458 g/mol. The third-order valence-corrected chi connectivity index (χ3v) is 6.35. The highest BCUT2D eigenvalue weighted by Gasteiger charge is 2.48. The van der Waals surface area contributed by atoms with Crippen LogP contribution in [-0.2, 0) is 9.59 Å². The zero-order valence-electron chi connectivity index (χ0n) is 20.3. The fourth-order valence-electron chi connectivity index (χ4n) is 4.48. The number of aliphatic hydroxyl groups is 1. The summed E-state index contributed by atoms with van der Waals surface area (Å²) in [5, 5.41) is 11.3. The van der Waals surface area contributed by atoms with Gasteiger partial charge in [-0.15, -0.1) is 0 Å². The van der Waals surface area contributed by atoms with Crippen LogP contribution in [0.3, 0.4) is 0 Å². The highest BCUT2D eigenvalue weighted by Crippen LogP contribution is 2.43. The highest BCUT2D eigenvalue weighted by molar-refractivity contribution is 6.51. The minimum absolute atomic E-state index is 0.0345. The molecule has 1 unspecified atom stereocenters. The number of aliphatic hydroxyl groups excluding tert-OH is 1. The van der Waals surface area contributed by atoms with Gasteiger partial charge in [0.15, 0.2) is 11.5 Å². The van der Waals surface area contributed by atoms with Gasteiger partial charge < -0.3 is 19.6 Å². The largest absolute Gasteiger partial charge is 0.507 e. The van der Waals surface area contributed by atoms with Gasteiger partial charge in [0, 0.05) is 5.56 Å². The molecule has 1 aliphatic rings. The van der Waals surface area contributed by atoms with E-state index in [1.165, 1.54) is 19.1 Å². The number of methoxy groups -OCH3 is 2. The number of fused-ring (bicyclic) bond motifs is 1. The Labute approximate surface area is 207 Å². The van der Waals surface area contributed by atoms with Crippen molar-refractivity contribution in [2.24, 2.45) is 0 Å². The Bertz CT molecular complexity index is 1530. The second-order valence-electron chi connectivity index (χ2n) is 8.73. The molecular formula is C28H25N3O5. The van der Waals surface area contributed by atoms with Crippen molar-refractivity contribution >= 4 is 34.4 Å². The maximum atomic E-state index is 13.4. The van der Waals surface area contributed by atoms with E-state index in [-0.39, 0.29) is 17.3 Å². The molecule has 1 amide bonds. The molecule has 8 heteroatoms. The molecule has 5 rings (SSSR count). The van der Waals surface area contributed by atoms with Gasteiger partial charge in [0.05, 0.1) is 36.9 Å². The summed E-state index contributed by atoms with van der Waals surface area (Å²) in [5.74, 6) is -0.723. The number of rotatable bonds is 5. The Morgan fingerprint density at radius 1 is 0.917 bits per heavy atom. The molecule has 1 aromatic heterocycles. The Kier molecular flexibility index (Phi) is 5.72. The molecule has 8 nitrogen and oxygen atoms in total. The molecule has 1 fully saturated rings. The number of aryl methyl sites for hydroxylation is 2. The second kappa shape index (κ2) is 8.88. The quantitative estimate of drug-likeness (QED) is 0.240. The molecule has 0 saturated carbocycles. The molecule has 1 saturated heterocycles. The van der Waals surface area contributed by atoms with Crippen LogP contribution in [0.15, 0.2) is 66.2 Å². The van der Waals surface area contributed by atoms with Gasteiger partial charge in [0.25, 0.3) is 5.78 Å². The van der Waals surface area contributed by atoms with Gasteiger partial charge in [-0.3, -0.25) is 14.5 Å². The standard InChI is InChI=1S/C28H25N3O5/c1-15-5-8-17(9-6-15)25(32)23-24(18-10-12-21(35-3)22(14-18)36-4)31(27(34)26(23)33)28-29-19-11-7-16(2)13-20(19)30-28/h5-14,24,32H,1-4H3,(H,29,30)/b25-23+. The topological polar surface area (TPSA) is 105 Å². The fourth-order valence-corrected chi connectivity index (χ4v) is 4.48. The third kappa shape index (κ3) is 3.76. The molecule has 1 aliphatic heterocycles. The number of H-pyrrole nitrogens is 1. The Morgan fingerprint density at radius 2 is 1.61 bits per heavy atom. The summed E-state index contributed by atoms with van der Waals surface area (Å²) in [7, 11) is 3.03. The molecule has 0 aliphatic carbocycles. The van der Waals surface area contributed by atoms with E-state index >= 15 is 0 Å². The van der Waals surface area contributed by atoms with Gasteiger partial charge in [-0.2, -0.15) is 0 Å². The normalized spacial score (nSPS) is 17.1. The van der Waals surface area contributed by atoms with Gasteiger partial charge in [-0.1, -0.05) is 42.0 Å². The number of anilines is 1. The molecule has 0 radical (unpaired) electrons. The molecule has 36 heavy (non-hydrogen) atoms. The first-order valence-electron chi connectivity index (χ1n) is 11.4. The molecule has 0 bridgehead atoms. The first kappa shape index (κ1) is 23.2. The number of imidazole rings is 1. The lowest BCUT2D eigenvalue weighted by Gasteiger charge is -2.23. The number of ether oxygens (including phenoxy) is 2. The van der Waals surface area contributed by atoms with E-state index in [4.69, 9.17) is 9.47 Å². The van der Waals surface area contributed by atoms with E-state index in [0.717, 1.165) is 16.6 Å². The molecule has 3 aromatic carbocycles. The van der Waals surface area contributed by atoms with Crippen LogP contribution in [-0.4, -0.2) is 41.0 Å².